The number of benzene rings is 1. The lowest BCUT2D eigenvalue weighted by Gasteiger charge is -2.39. The standard InChI is InChI=1S/C22H29N3O3S/c1-5-27-17-8-6-15(7-9-17)19-23-24-20(28-19)29-12-18(26)25-14-22(4)11-16(25)10-21(2,3)13-22/h6-9,16H,5,10-14H2,1-4H3/t16-,22-/m1/s1. The molecule has 6 nitrogen and oxygen atoms in total. The van der Waals surface area contributed by atoms with E-state index in [-0.39, 0.29) is 11.3 Å². The van der Waals surface area contributed by atoms with Gasteiger partial charge in [-0.3, -0.25) is 4.79 Å². The summed E-state index contributed by atoms with van der Waals surface area (Å²) in [5.41, 5.74) is 1.39. The van der Waals surface area contributed by atoms with E-state index in [9.17, 15) is 4.79 Å². The molecular formula is C22H29N3O3S. The zero-order valence-corrected chi connectivity index (χ0v) is 18.4. The average Bonchev–Trinajstić information content (AvgIpc) is 3.22. The monoisotopic (exact) mass is 415 g/mol. The Hall–Kier alpha value is -2.02. The van der Waals surface area contributed by atoms with E-state index in [1.807, 2.05) is 31.2 Å². The van der Waals surface area contributed by atoms with E-state index in [1.165, 1.54) is 18.2 Å². The Morgan fingerprint density at radius 1 is 1.24 bits per heavy atom. The summed E-state index contributed by atoms with van der Waals surface area (Å²) in [6, 6.07) is 7.91. The van der Waals surface area contributed by atoms with Crippen molar-refractivity contribution in [1.29, 1.82) is 0 Å². The lowest BCUT2D eigenvalue weighted by Crippen LogP contribution is -2.38. The summed E-state index contributed by atoms with van der Waals surface area (Å²) in [6.07, 6.45) is 3.39. The van der Waals surface area contributed by atoms with Gasteiger partial charge in [-0.2, -0.15) is 0 Å². The molecule has 1 amide bonds. The molecule has 1 aliphatic heterocycles. The summed E-state index contributed by atoms with van der Waals surface area (Å²) in [5, 5.41) is 8.64. The van der Waals surface area contributed by atoms with Crippen molar-refractivity contribution in [2.75, 3.05) is 18.9 Å². The van der Waals surface area contributed by atoms with E-state index < -0.39 is 0 Å². The molecule has 156 valence electrons. The van der Waals surface area contributed by atoms with Gasteiger partial charge in [0.2, 0.25) is 11.8 Å². The van der Waals surface area contributed by atoms with Gasteiger partial charge in [-0.25, -0.2) is 0 Å². The largest absolute Gasteiger partial charge is 0.494 e. The van der Waals surface area contributed by atoms with Crippen LogP contribution in [0.15, 0.2) is 33.9 Å². The SMILES string of the molecule is CCOc1ccc(-c2nnc(SCC(=O)N3C[C@]4(C)C[C@H]3CC(C)(C)C4)o2)cc1. The molecule has 0 radical (unpaired) electrons. The molecule has 2 heterocycles. The third-order valence-electron chi connectivity index (χ3n) is 5.87. The molecule has 2 aliphatic rings. The van der Waals surface area contributed by atoms with Gasteiger partial charge in [-0.05, 0) is 61.3 Å². The number of rotatable bonds is 6. The molecule has 7 heteroatoms. The van der Waals surface area contributed by atoms with Crippen LogP contribution in [-0.4, -0.2) is 46.0 Å². The van der Waals surface area contributed by atoms with Crippen LogP contribution in [0.3, 0.4) is 0 Å². The van der Waals surface area contributed by atoms with Crippen molar-refractivity contribution < 1.29 is 13.9 Å². The van der Waals surface area contributed by atoms with Crippen LogP contribution < -0.4 is 4.74 Å². The van der Waals surface area contributed by atoms with Crippen molar-refractivity contribution in [2.24, 2.45) is 10.8 Å². The highest BCUT2D eigenvalue weighted by atomic mass is 32.2. The molecule has 1 aromatic heterocycles. The smallest absolute Gasteiger partial charge is 0.277 e. The molecule has 4 rings (SSSR count). The van der Waals surface area contributed by atoms with Gasteiger partial charge in [-0.1, -0.05) is 32.5 Å². The summed E-state index contributed by atoms with van der Waals surface area (Å²) < 4.78 is 11.2. The number of carbonyl (C=O) groups excluding carboxylic acids is 1. The van der Waals surface area contributed by atoms with Gasteiger partial charge in [0.05, 0.1) is 12.4 Å². The highest BCUT2D eigenvalue weighted by molar-refractivity contribution is 7.99. The highest BCUT2D eigenvalue weighted by Gasteiger charge is 2.50. The van der Waals surface area contributed by atoms with Gasteiger partial charge >= 0.3 is 0 Å². The molecule has 2 fully saturated rings. The third kappa shape index (κ3) is 4.44. The number of fused-ring (bicyclic) bond motifs is 2. The topological polar surface area (TPSA) is 68.5 Å². The molecule has 1 aromatic carbocycles. The van der Waals surface area contributed by atoms with Gasteiger partial charge in [0.1, 0.15) is 5.75 Å². The average molecular weight is 416 g/mol. The van der Waals surface area contributed by atoms with Crippen LogP contribution in [0, 0.1) is 10.8 Å². The number of carbonyl (C=O) groups is 1. The first-order chi connectivity index (χ1) is 13.8. The number of hydrogen-bond donors (Lipinski definition) is 0. The number of thioether (sulfide) groups is 1. The zero-order valence-electron chi connectivity index (χ0n) is 17.6. The van der Waals surface area contributed by atoms with Gasteiger partial charge in [0.25, 0.3) is 5.22 Å². The summed E-state index contributed by atoms with van der Waals surface area (Å²) in [6.45, 7) is 10.4. The van der Waals surface area contributed by atoms with Crippen molar-refractivity contribution in [3.63, 3.8) is 0 Å². The lowest BCUT2D eigenvalue weighted by atomic mass is 9.65. The Kier molecular flexibility index (Phi) is 5.36. The summed E-state index contributed by atoms with van der Waals surface area (Å²) >= 11 is 1.32. The van der Waals surface area contributed by atoms with Crippen molar-refractivity contribution in [3.05, 3.63) is 24.3 Å². The predicted octanol–water partition coefficient (Wildman–Crippen LogP) is 4.65. The van der Waals surface area contributed by atoms with Crippen molar-refractivity contribution in [2.45, 2.75) is 58.2 Å². The van der Waals surface area contributed by atoms with E-state index in [0.29, 0.717) is 34.9 Å². The fraction of sp³-hybridized carbons (Fsp3) is 0.591. The molecule has 0 unspecified atom stereocenters. The maximum absolute atomic E-state index is 12.9. The molecule has 2 atom stereocenters. The molecule has 1 saturated heterocycles. The number of aromatic nitrogens is 2. The first kappa shape index (κ1) is 20.3. The predicted molar refractivity (Wildman–Crippen MR) is 113 cm³/mol. The van der Waals surface area contributed by atoms with E-state index in [1.54, 1.807) is 0 Å². The number of likely N-dealkylation sites (tertiary alicyclic amines) is 1. The van der Waals surface area contributed by atoms with Gasteiger partial charge in [0.15, 0.2) is 0 Å². The minimum absolute atomic E-state index is 0.169. The maximum Gasteiger partial charge on any atom is 0.277 e. The summed E-state index contributed by atoms with van der Waals surface area (Å²) in [5.74, 6) is 1.76. The van der Waals surface area contributed by atoms with Gasteiger partial charge in [0, 0.05) is 18.2 Å². The Balaban J connectivity index is 1.36. The number of hydrogen-bond acceptors (Lipinski definition) is 6. The second-order valence-corrected chi connectivity index (χ2v) is 10.3. The van der Waals surface area contributed by atoms with Crippen LogP contribution in [-0.2, 0) is 4.79 Å². The first-order valence-electron chi connectivity index (χ1n) is 10.3. The van der Waals surface area contributed by atoms with Crippen LogP contribution in [0.25, 0.3) is 11.5 Å². The molecule has 2 aromatic rings. The number of nitrogens with zero attached hydrogens (tertiary/aromatic N) is 3. The van der Waals surface area contributed by atoms with Crippen LogP contribution in [0.1, 0.15) is 47.0 Å². The van der Waals surface area contributed by atoms with Crippen LogP contribution in [0.5, 0.6) is 5.75 Å². The third-order valence-corrected chi connectivity index (χ3v) is 6.68. The van der Waals surface area contributed by atoms with Crippen molar-refractivity contribution in [3.8, 4) is 17.2 Å². The molecule has 0 spiro atoms. The quantitative estimate of drug-likeness (QED) is 0.640. The Labute approximate surface area is 176 Å². The normalized spacial score (nSPS) is 25.2. The highest BCUT2D eigenvalue weighted by Crippen LogP contribution is 2.52. The number of ether oxygens (including phenoxy) is 1. The Bertz CT molecular complexity index is 880. The number of amides is 1. The molecule has 1 saturated carbocycles. The van der Waals surface area contributed by atoms with Crippen LogP contribution >= 0.6 is 11.8 Å². The Morgan fingerprint density at radius 3 is 2.72 bits per heavy atom. The minimum atomic E-state index is 0.169. The minimum Gasteiger partial charge on any atom is -0.494 e. The Morgan fingerprint density at radius 2 is 2.00 bits per heavy atom. The lowest BCUT2D eigenvalue weighted by molar-refractivity contribution is -0.129. The summed E-state index contributed by atoms with van der Waals surface area (Å²) in [7, 11) is 0. The molecule has 1 aliphatic carbocycles. The first-order valence-corrected chi connectivity index (χ1v) is 11.2. The summed E-state index contributed by atoms with van der Waals surface area (Å²) in [4.78, 5) is 15.0. The maximum atomic E-state index is 12.9. The van der Waals surface area contributed by atoms with Crippen molar-refractivity contribution >= 4 is 17.7 Å². The second kappa shape index (κ2) is 7.67. The van der Waals surface area contributed by atoms with Gasteiger partial charge in [-0.15, -0.1) is 10.2 Å². The molecule has 29 heavy (non-hydrogen) atoms. The van der Waals surface area contributed by atoms with Gasteiger partial charge < -0.3 is 14.1 Å². The van der Waals surface area contributed by atoms with Crippen LogP contribution in [0.2, 0.25) is 0 Å². The zero-order chi connectivity index (χ0) is 20.6. The fourth-order valence-electron chi connectivity index (χ4n) is 5.20. The molecule has 2 bridgehead atoms. The van der Waals surface area contributed by atoms with E-state index in [2.05, 4.69) is 35.9 Å². The fourth-order valence-corrected chi connectivity index (χ4v) is 5.85. The second-order valence-electron chi connectivity index (χ2n) is 9.35. The van der Waals surface area contributed by atoms with Crippen LogP contribution in [0.4, 0.5) is 0 Å². The van der Waals surface area contributed by atoms with Crippen molar-refractivity contribution in [1.82, 2.24) is 15.1 Å². The van der Waals surface area contributed by atoms with E-state index >= 15 is 0 Å². The molecule has 0 N–H and O–H groups in total. The van der Waals surface area contributed by atoms with E-state index in [4.69, 9.17) is 9.15 Å². The molecular weight excluding hydrogens is 386 g/mol. The van der Waals surface area contributed by atoms with E-state index in [0.717, 1.165) is 30.7 Å².